The fourth-order valence-corrected chi connectivity index (χ4v) is 4.01. The van der Waals surface area contributed by atoms with Gasteiger partial charge in [0.2, 0.25) is 5.91 Å². The van der Waals surface area contributed by atoms with E-state index in [0.29, 0.717) is 5.65 Å². The van der Waals surface area contributed by atoms with Gasteiger partial charge in [-0.15, -0.1) is 0 Å². The van der Waals surface area contributed by atoms with Crippen LogP contribution in [0.3, 0.4) is 0 Å². The van der Waals surface area contributed by atoms with Crippen LogP contribution in [0.4, 0.5) is 10.1 Å². The molecule has 0 aliphatic heterocycles. The molecule has 5 nitrogen and oxygen atoms in total. The minimum absolute atomic E-state index is 0.0854. The van der Waals surface area contributed by atoms with E-state index in [-0.39, 0.29) is 17.5 Å². The Hall–Kier alpha value is -3.19. The predicted molar refractivity (Wildman–Crippen MR) is 118 cm³/mol. The van der Waals surface area contributed by atoms with Gasteiger partial charge in [-0.25, -0.2) is 13.9 Å². The highest BCUT2D eigenvalue weighted by Crippen LogP contribution is 2.28. The van der Waals surface area contributed by atoms with Crippen molar-refractivity contribution in [2.75, 3.05) is 11.1 Å². The van der Waals surface area contributed by atoms with Crippen molar-refractivity contribution in [2.45, 2.75) is 25.3 Å². The Bertz CT molecular complexity index is 1190. The van der Waals surface area contributed by atoms with Gasteiger partial charge in [0.15, 0.2) is 5.65 Å². The van der Waals surface area contributed by atoms with Gasteiger partial charge >= 0.3 is 0 Å². The maximum atomic E-state index is 13.3. The number of amides is 1. The number of nitrogens with one attached hydrogen (secondary N) is 1. The first-order valence-electron chi connectivity index (χ1n) is 9.66. The second-order valence-electron chi connectivity index (χ2n) is 6.92. The number of rotatable bonds is 6. The van der Waals surface area contributed by atoms with Crippen molar-refractivity contribution in [3.8, 4) is 11.1 Å². The Morgan fingerprint density at radius 2 is 1.87 bits per heavy atom. The minimum Gasteiger partial charge on any atom is -0.325 e. The number of nitrogens with zero attached hydrogens (tertiary/aromatic N) is 3. The van der Waals surface area contributed by atoms with Gasteiger partial charge in [0.05, 0.1) is 11.9 Å². The number of hydrogen-bond donors (Lipinski definition) is 1. The highest BCUT2D eigenvalue weighted by molar-refractivity contribution is 7.99. The summed E-state index contributed by atoms with van der Waals surface area (Å²) in [5.74, 6) is -0.122. The molecule has 1 N–H and O–H groups in total. The summed E-state index contributed by atoms with van der Waals surface area (Å²) >= 11 is 1.40. The lowest BCUT2D eigenvalue weighted by molar-refractivity contribution is -0.113. The van der Waals surface area contributed by atoms with Crippen molar-refractivity contribution >= 4 is 29.0 Å². The largest absolute Gasteiger partial charge is 0.325 e. The molecule has 30 heavy (non-hydrogen) atoms. The fraction of sp³-hybridized carbons (Fsp3) is 0.174. The molecule has 0 fully saturated rings. The van der Waals surface area contributed by atoms with Crippen LogP contribution in [-0.4, -0.2) is 26.3 Å². The van der Waals surface area contributed by atoms with Crippen molar-refractivity contribution in [2.24, 2.45) is 0 Å². The topological polar surface area (TPSA) is 59.3 Å². The number of aromatic nitrogens is 3. The molecule has 0 spiro atoms. The van der Waals surface area contributed by atoms with Crippen molar-refractivity contribution in [1.82, 2.24) is 14.6 Å². The number of halogens is 1. The molecule has 7 heteroatoms. The third-order valence-electron chi connectivity index (χ3n) is 4.72. The summed E-state index contributed by atoms with van der Waals surface area (Å²) in [6, 6.07) is 16.0. The van der Waals surface area contributed by atoms with Crippen molar-refractivity contribution in [3.05, 3.63) is 77.9 Å². The highest BCUT2D eigenvalue weighted by Gasteiger charge is 2.14. The van der Waals surface area contributed by atoms with Crippen molar-refractivity contribution in [1.29, 1.82) is 0 Å². The molecule has 4 rings (SSSR count). The van der Waals surface area contributed by atoms with E-state index in [2.05, 4.69) is 22.3 Å². The van der Waals surface area contributed by atoms with E-state index in [1.54, 1.807) is 22.8 Å². The van der Waals surface area contributed by atoms with Crippen LogP contribution in [0.15, 0.2) is 65.8 Å². The Morgan fingerprint density at radius 1 is 1.13 bits per heavy atom. The standard InChI is InChI=1S/C23H21FN4OS/c1-3-16-4-10-19(11-5-16)27-21(29)14-30-22-12-15(2)26-23-20(13-25-28(22)23)17-6-8-18(24)9-7-17/h4-13H,3,14H2,1-2H3,(H,27,29). The zero-order chi connectivity index (χ0) is 21.1. The third kappa shape index (κ3) is 4.36. The lowest BCUT2D eigenvalue weighted by atomic mass is 10.1. The Labute approximate surface area is 178 Å². The van der Waals surface area contributed by atoms with Crippen molar-refractivity contribution in [3.63, 3.8) is 0 Å². The van der Waals surface area contributed by atoms with Crippen LogP contribution in [0.5, 0.6) is 0 Å². The van der Waals surface area contributed by atoms with Crippen LogP contribution in [0.25, 0.3) is 16.8 Å². The van der Waals surface area contributed by atoms with Crippen molar-refractivity contribution < 1.29 is 9.18 Å². The maximum absolute atomic E-state index is 13.3. The normalized spacial score (nSPS) is 11.0. The number of hydrogen-bond acceptors (Lipinski definition) is 4. The highest BCUT2D eigenvalue weighted by atomic mass is 32.2. The van der Waals surface area contributed by atoms with Gasteiger partial charge in [0, 0.05) is 16.9 Å². The second-order valence-corrected chi connectivity index (χ2v) is 7.92. The number of fused-ring (bicyclic) bond motifs is 1. The van der Waals surface area contributed by atoms with Gasteiger partial charge in [-0.2, -0.15) is 5.10 Å². The summed E-state index contributed by atoms with van der Waals surface area (Å²) in [7, 11) is 0. The predicted octanol–water partition coefficient (Wildman–Crippen LogP) is 5.14. The lowest BCUT2D eigenvalue weighted by Gasteiger charge is -2.08. The number of thioether (sulfide) groups is 1. The maximum Gasteiger partial charge on any atom is 0.234 e. The van der Waals surface area contributed by atoms with Crippen LogP contribution in [0, 0.1) is 12.7 Å². The number of aryl methyl sites for hydroxylation is 2. The summed E-state index contributed by atoms with van der Waals surface area (Å²) in [6.07, 6.45) is 2.68. The van der Waals surface area contributed by atoms with Crippen LogP contribution in [0.2, 0.25) is 0 Å². The molecular weight excluding hydrogens is 399 g/mol. The molecule has 0 unspecified atom stereocenters. The van der Waals surface area contributed by atoms with E-state index in [4.69, 9.17) is 0 Å². The van der Waals surface area contributed by atoms with Gasteiger partial charge in [0.1, 0.15) is 10.8 Å². The number of benzene rings is 2. The zero-order valence-corrected chi connectivity index (χ0v) is 17.5. The van der Waals surface area contributed by atoms with E-state index >= 15 is 0 Å². The van der Waals surface area contributed by atoms with Gasteiger partial charge < -0.3 is 5.32 Å². The lowest BCUT2D eigenvalue weighted by Crippen LogP contribution is -2.14. The molecule has 0 radical (unpaired) electrons. The number of carbonyl (C=O) groups excluding carboxylic acids is 1. The first-order chi connectivity index (χ1) is 14.5. The Balaban J connectivity index is 1.52. The van der Waals surface area contributed by atoms with Crippen LogP contribution in [0.1, 0.15) is 18.2 Å². The zero-order valence-electron chi connectivity index (χ0n) is 16.7. The monoisotopic (exact) mass is 420 g/mol. The first-order valence-corrected chi connectivity index (χ1v) is 10.6. The van der Waals surface area contributed by atoms with E-state index in [0.717, 1.165) is 34.0 Å². The molecule has 2 aromatic heterocycles. The molecule has 2 heterocycles. The molecule has 0 atom stereocenters. The average molecular weight is 421 g/mol. The average Bonchev–Trinajstić information content (AvgIpc) is 3.17. The number of carbonyl (C=O) groups is 1. The van der Waals surface area contributed by atoms with Crippen LogP contribution in [-0.2, 0) is 11.2 Å². The first kappa shape index (κ1) is 20.1. The molecule has 0 saturated carbocycles. The molecule has 0 aliphatic rings. The van der Waals surface area contributed by atoms with Gasteiger partial charge in [0.25, 0.3) is 0 Å². The Morgan fingerprint density at radius 3 is 2.57 bits per heavy atom. The molecule has 2 aromatic carbocycles. The van der Waals surface area contributed by atoms with E-state index in [9.17, 15) is 9.18 Å². The molecule has 0 saturated heterocycles. The second kappa shape index (κ2) is 8.67. The summed E-state index contributed by atoms with van der Waals surface area (Å²) < 4.78 is 15.0. The summed E-state index contributed by atoms with van der Waals surface area (Å²) in [4.78, 5) is 17.0. The van der Waals surface area contributed by atoms with Crippen LogP contribution < -0.4 is 5.32 Å². The minimum atomic E-state index is -0.286. The smallest absolute Gasteiger partial charge is 0.234 e. The fourth-order valence-electron chi connectivity index (χ4n) is 3.15. The van der Waals surface area contributed by atoms with E-state index in [1.807, 2.05) is 37.3 Å². The summed E-state index contributed by atoms with van der Waals surface area (Å²) in [5, 5.41) is 8.19. The Kier molecular flexibility index (Phi) is 5.81. The van der Waals surface area contributed by atoms with E-state index < -0.39 is 0 Å². The number of anilines is 1. The molecule has 4 aromatic rings. The quantitative estimate of drug-likeness (QED) is 0.347. The third-order valence-corrected chi connectivity index (χ3v) is 5.71. The van der Waals surface area contributed by atoms with Crippen LogP contribution >= 0.6 is 11.8 Å². The van der Waals surface area contributed by atoms with E-state index in [1.165, 1.54) is 29.5 Å². The van der Waals surface area contributed by atoms with Gasteiger partial charge in [-0.3, -0.25) is 4.79 Å². The summed E-state index contributed by atoms with van der Waals surface area (Å²) in [5.41, 5.74) is 5.18. The SMILES string of the molecule is CCc1ccc(NC(=O)CSc2cc(C)nc3c(-c4ccc(F)cc4)cnn23)cc1. The molecule has 0 aliphatic carbocycles. The molecule has 152 valence electrons. The summed E-state index contributed by atoms with van der Waals surface area (Å²) in [6.45, 7) is 4.00. The van der Waals surface area contributed by atoms with Gasteiger partial charge in [-0.1, -0.05) is 43.0 Å². The van der Waals surface area contributed by atoms with Gasteiger partial charge in [-0.05, 0) is 54.8 Å². The molecule has 1 amide bonds. The molecular formula is C23H21FN4OS. The molecule has 0 bridgehead atoms.